The van der Waals surface area contributed by atoms with Crippen molar-refractivity contribution in [3.63, 3.8) is 0 Å². The van der Waals surface area contributed by atoms with Crippen molar-refractivity contribution in [3.05, 3.63) is 41.7 Å². The summed E-state index contributed by atoms with van der Waals surface area (Å²) in [4.78, 5) is 11.8. The fourth-order valence-electron chi connectivity index (χ4n) is 2.37. The first kappa shape index (κ1) is 14.7. The van der Waals surface area contributed by atoms with Crippen molar-refractivity contribution < 1.29 is 19.0 Å². The number of aliphatic hydroxyl groups is 1. The molecule has 2 rings (SSSR count). The van der Waals surface area contributed by atoms with Gasteiger partial charge in [0.25, 0.3) is 0 Å². The van der Waals surface area contributed by atoms with Crippen LogP contribution in [-0.2, 0) is 9.53 Å². The molecular weight excluding hydrogens is 259 g/mol. The van der Waals surface area contributed by atoms with Gasteiger partial charge in [-0.25, -0.2) is 9.18 Å². The summed E-state index contributed by atoms with van der Waals surface area (Å²) in [6, 6.07) is 5.93. The molecule has 0 spiro atoms. The van der Waals surface area contributed by atoms with Gasteiger partial charge in [0.1, 0.15) is 11.9 Å². The molecule has 1 aliphatic carbocycles. The maximum atomic E-state index is 12.8. The van der Waals surface area contributed by atoms with Gasteiger partial charge in [-0.1, -0.05) is 18.6 Å². The summed E-state index contributed by atoms with van der Waals surface area (Å²) in [6.45, 7) is 1.77. The second kappa shape index (κ2) is 6.66. The summed E-state index contributed by atoms with van der Waals surface area (Å²) < 4.78 is 18.1. The lowest BCUT2D eigenvalue weighted by molar-refractivity contribution is -0.151. The van der Waals surface area contributed by atoms with Crippen LogP contribution in [0.3, 0.4) is 0 Å². The molecule has 0 saturated heterocycles. The molecule has 1 fully saturated rings. The molecule has 0 heterocycles. The normalized spacial score (nSPS) is 23.4. The largest absolute Gasteiger partial charge is 0.456 e. The maximum Gasteiger partial charge on any atom is 0.331 e. The predicted molar refractivity (Wildman–Crippen MR) is 74.4 cm³/mol. The molecular formula is C16H19FO3. The fraction of sp³-hybridized carbons (Fsp3) is 0.438. The van der Waals surface area contributed by atoms with E-state index in [4.69, 9.17) is 4.74 Å². The molecule has 0 aromatic heterocycles. The number of rotatable bonds is 3. The van der Waals surface area contributed by atoms with Gasteiger partial charge in [-0.2, -0.15) is 0 Å². The van der Waals surface area contributed by atoms with Gasteiger partial charge in [0.05, 0.1) is 6.10 Å². The number of carbonyl (C=O) groups excluding carboxylic acids is 1. The summed E-state index contributed by atoms with van der Waals surface area (Å²) in [7, 11) is 0. The highest BCUT2D eigenvalue weighted by Gasteiger charge is 2.25. The Hall–Kier alpha value is -1.68. The molecule has 4 heteroatoms. The topological polar surface area (TPSA) is 46.5 Å². The van der Waals surface area contributed by atoms with E-state index in [0.717, 1.165) is 18.4 Å². The molecule has 1 aromatic rings. The number of allylic oxidation sites excluding steroid dienone is 1. The Morgan fingerprint density at radius 2 is 1.95 bits per heavy atom. The number of halogens is 1. The molecule has 1 N–H and O–H groups in total. The Balaban J connectivity index is 1.98. The number of hydrogen-bond acceptors (Lipinski definition) is 3. The number of esters is 1. The SMILES string of the molecule is CC(=CC(=O)O[C@@H]1CCCC[C@H]1O)c1ccc(F)cc1. The summed E-state index contributed by atoms with van der Waals surface area (Å²) in [5.41, 5.74) is 1.48. The van der Waals surface area contributed by atoms with Crippen molar-refractivity contribution in [2.24, 2.45) is 0 Å². The smallest absolute Gasteiger partial charge is 0.331 e. The van der Waals surface area contributed by atoms with Crippen molar-refractivity contribution in [1.82, 2.24) is 0 Å². The highest BCUT2D eigenvalue weighted by Crippen LogP contribution is 2.22. The molecule has 2 atom stereocenters. The molecule has 3 nitrogen and oxygen atoms in total. The average Bonchev–Trinajstić information content (AvgIpc) is 2.42. The lowest BCUT2D eigenvalue weighted by atomic mass is 9.95. The summed E-state index contributed by atoms with van der Waals surface area (Å²) in [6.07, 6.45) is 3.74. The third-order valence-corrected chi connectivity index (χ3v) is 3.57. The van der Waals surface area contributed by atoms with Crippen molar-refractivity contribution in [2.45, 2.75) is 44.8 Å². The first-order valence-electron chi connectivity index (χ1n) is 6.89. The Kier molecular flexibility index (Phi) is 4.90. The molecule has 1 aliphatic rings. The molecule has 0 amide bonds. The van der Waals surface area contributed by atoms with Crippen molar-refractivity contribution in [2.75, 3.05) is 0 Å². The lowest BCUT2D eigenvalue weighted by Gasteiger charge is -2.26. The van der Waals surface area contributed by atoms with E-state index in [1.165, 1.54) is 18.2 Å². The summed E-state index contributed by atoms with van der Waals surface area (Å²) >= 11 is 0. The van der Waals surface area contributed by atoms with E-state index in [0.29, 0.717) is 18.4 Å². The summed E-state index contributed by atoms with van der Waals surface area (Å²) in [5.74, 6) is -0.771. The molecule has 0 bridgehead atoms. The maximum absolute atomic E-state index is 12.8. The number of benzene rings is 1. The highest BCUT2D eigenvalue weighted by molar-refractivity contribution is 5.91. The van der Waals surface area contributed by atoms with Crippen LogP contribution < -0.4 is 0 Å². The minimum absolute atomic E-state index is 0.311. The van der Waals surface area contributed by atoms with E-state index in [1.54, 1.807) is 19.1 Å². The number of hydrogen-bond donors (Lipinski definition) is 1. The van der Waals surface area contributed by atoms with Gasteiger partial charge in [-0.05, 0) is 49.5 Å². The van der Waals surface area contributed by atoms with E-state index in [9.17, 15) is 14.3 Å². The van der Waals surface area contributed by atoms with Gasteiger partial charge in [-0.15, -0.1) is 0 Å². The number of ether oxygens (including phenoxy) is 1. The van der Waals surface area contributed by atoms with Crippen molar-refractivity contribution in [1.29, 1.82) is 0 Å². The predicted octanol–water partition coefficient (Wildman–Crippen LogP) is 3.08. The fourth-order valence-corrected chi connectivity index (χ4v) is 2.37. The first-order chi connectivity index (χ1) is 9.56. The third kappa shape index (κ3) is 3.90. The molecule has 0 aliphatic heterocycles. The van der Waals surface area contributed by atoms with Gasteiger partial charge in [0.2, 0.25) is 0 Å². The average molecular weight is 278 g/mol. The third-order valence-electron chi connectivity index (χ3n) is 3.57. The standard InChI is InChI=1S/C16H19FO3/c1-11(12-6-8-13(17)9-7-12)10-16(19)20-15-5-3-2-4-14(15)18/h6-10,14-15,18H,2-5H2,1H3/t14-,15-/m1/s1. The van der Waals surface area contributed by atoms with Crippen LogP contribution in [0.2, 0.25) is 0 Å². The molecule has 20 heavy (non-hydrogen) atoms. The lowest BCUT2D eigenvalue weighted by Crippen LogP contribution is -2.33. The van der Waals surface area contributed by atoms with E-state index < -0.39 is 18.2 Å². The Morgan fingerprint density at radius 3 is 2.60 bits per heavy atom. The van der Waals surface area contributed by atoms with Crippen LogP contribution in [0.15, 0.2) is 30.3 Å². The molecule has 0 unspecified atom stereocenters. The van der Waals surface area contributed by atoms with E-state index in [2.05, 4.69) is 0 Å². The number of carbonyl (C=O) groups is 1. The van der Waals surface area contributed by atoms with Crippen LogP contribution in [-0.4, -0.2) is 23.3 Å². The van der Waals surface area contributed by atoms with Crippen LogP contribution in [0.1, 0.15) is 38.2 Å². The molecule has 108 valence electrons. The van der Waals surface area contributed by atoms with Gasteiger partial charge in [0.15, 0.2) is 0 Å². The molecule has 1 aromatic carbocycles. The number of aliphatic hydroxyl groups excluding tert-OH is 1. The van der Waals surface area contributed by atoms with Crippen LogP contribution in [0.25, 0.3) is 5.57 Å². The molecule has 0 radical (unpaired) electrons. The van der Waals surface area contributed by atoms with Crippen LogP contribution in [0.5, 0.6) is 0 Å². The first-order valence-corrected chi connectivity index (χ1v) is 6.89. The second-order valence-electron chi connectivity index (χ2n) is 5.16. The Morgan fingerprint density at radius 1 is 1.30 bits per heavy atom. The van der Waals surface area contributed by atoms with Gasteiger partial charge in [0, 0.05) is 6.08 Å². The molecule has 1 saturated carbocycles. The van der Waals surface area contributed by atoms with Gasteiger partial charge < -0.3 is 9.84 Å². The van der Waals surface area contributed by atoms with Crippen molar-refractivity contribution in [3.8, 4) is 0 Å². The minimum Gasteiger partial charge on any atom is -0.456 e. The van der Waals surface area contributed by atoms with E-state index in [-0.39, 0.29) is 5.82 Å². The Labute approximate surface area is 118 Å². The highest BCUT2D eigenvalue weighted by atomic mass is 19.1. The zero-order valence-corrected chi connectivity index (χ0v) is 11.5. The van der Waals surface area contributed by atoms with E-state index in [1.807, 2.05) is 0 Å². The monoisotopic (exact) mass is 278 g/mol. The van der Waals surface area contributed by atoms with Gasteiger partial charge >= 0.3 is 5.97 Å². The van der Waals surface area contributed by atoms with Crippen LogP contribution >= 0.6 is 0 Å². The van der Waals surface area contributed by atoms with Crippen molar-refractivity contribution >= 4 is 11.5 Å². The minimum atomic E-state index is -0.563. The van der Waals surface area contributed by atoms with Gasteiger partial charge in [-0.3, -0.25) is 0 Å². The Bertz CT molecular complexity index is 493. The van der Waals surface area contributed by atoms with Crippen LogP contribution in [0.4, 0.5) is 4.39 Å². The second-order valence-corrected chi connectivity index (χ2v) is 5.16. The quantitative estimate of drug-likeness (QED) is 0.682. The zero-order chi connectivity index (χ0) is 14.5. The van der Waals surface area contributed by atoms with Crippen LogP contribution in [0, 0.1) is 5.82 Å². The summed E-state index contributed by atoms with van der Waals surface area (Å²) in [5, 5.41) is 9.76. The van der Waals surface area contributed by atoms with E-state index >= 15 is 0 Å². The zero-order valence-electron chi connectivity index (χ0n) is 11.5.